The molecule has 10 heteroatoms. The van der Waals surface area contributed by atoms with Crippen molar-refractivity contribution in [3.05, 3.63) is 70.8 Å². The van der Waals surface area contributed by atoms with E-state index >= 15 is 0 Å². The van der Waals surface area contributed by atoms with Gasteiger partial charge in [0.1, 0.15) is 5.54 Å². The van der Waals surface area contributed by atoms with E-state index in [1.807, 2.05) is 30.3 Å². The standard InChI is InChI=1S/C25H24F6N2O2/c1-16(17-11-19(24(26,27)28)13-20(12-17)25(29,30)31)35-14-22(18-5-3-2-4-6-18)7-9-23(10-8-22)21(34)32-15-33-23/h2-6,11-13,15-16H,7-10,14H2,1H3,(H,32,33,34)/t16-,22?,23?/m1/s1. The van der Waals surface area contributed by atoms with Crippen LogP contribution in [0.15, 0.2) is 53.5 Å². The number of amides is 1. The van der Waals surface area contributed by atoms with E-state index in [4.69, 9.17) is 4.74 Å². The lowest BCUT2D eigenvalue weighted by Gasteiger charge is -2.43. The van der Waals surface area contributed by atoms with Crippen LogP contribution in [0.25, 0.3) is 0 Å². The SMILES string of the molecule is C[C@@H](OCC1(c2ccccc2)CCC2(CC1)N=CNC2=O)c1cc(C(F)(F)F)cc(C(F)(F)F)c1. The lowest BCUT2D eigenvalue weighted by molar-refractivity contribution is -0.143. The Hall–Kier alpha value is -2.88. The second-order valence-electron chi connectivity index (χ2n) is 9.20. The van der Waals surface area contributed by atoms with Crippen LogP contribution in [-0.4, -0.2) is 24.4 Å². The van der Waals surface area contributed by atoms with Gasteiger partial charge in [0.2, 0.25) is 0 Å². The zero-order chi connectivity index (χ0) is 25.5. The minimum Gasteiger partial charge on any atom is -0.373 e. The minimum atomic E-state index is -4.93. The molecule has 1 amide bonds. The molecule has 1 fully saturated rings. The highest BCUT2D eigenvalue weighted by molar-refractivity contribution is 6.00. The van der Waals surface area contributed by atoms with Crippen LogP contribution < -0.4 is 5.32 Å². The summed E-state index contributed by atoms with van der Waals surface area (Å²) < 4.78 is 85.7. The van der Waals surface area contributed by atoms with Crippen molar-refractivity contribution >= 4 is 12.2 Å². The lowest BCUT2D eigenvalue weighted by Crippen LogP contribution is -2.47. The molecule has 2 aliphatic rings. The average molecular weight is 498 g/mol. The highest BCUT2D eigenvalue weighted by Gasteiger charge is 2.49. The smallest absolute Gasteiger partial charge is 0.373 e. The molecule has 2 aromatic rings. The van der Waals surface area contributed by atoms with Gasteiger partial charge in [0, 0.05) is 5.41 Å². The zero-order valence-corrected chi connectivity index (χ0v) is 18.8. The number of nitrogens with zero attached hydrogens (tertiary/aromatic N) is 1. The Morgan fingerprint density at radius 1 is 0.943 bits per heavy atom. The first-order chi connectivity index (χ1) is 16.3. The van der Waals surface area contributed by atoms with Gasteiger partial charge < -0.3 is 10.1 Å². The van der Waals surface area contributed by atoms with Crippen molar-refractivity contribution in [3.8, 4) is 0 Å². The monoisotopic (exact) mass is 498 g/mol. The average Bonchev–Trinajstić information content (AvgIpc) is 3.17. The van der Waals surface area contributed by atoms with Crippen molar-refractivity contribution in [2.75, 3.05) is 6.61 Å². The summed E-state index contributed by atoms with van der Waals surface area (Å²) in [7, 11) is 0. The van der Waals surface area contributed by atoms with Crippen molar-refractivity contribution < 1.29 is 35.9 Å². The molecule has 188 valence electrons. The minimum absolute atomic E-state index is 0.0667. The lowest BCUT2D eigenvalue weighted by atomic mass is 9.64. The van der Waals surface area contributed by atoms with E-state index in [0.29, 0.717) is 37.8 Å². The van der Waals surface area contributed by atoms with Crippen LogP contribution in [0.4, 0.5) is 26.3 Å². The number of halogens is 6. The van der Waals surface area contributed by atoms with E-state index < -0.39 is 40.5 Å². The topological polar surface area (TPSA) is 50.7 Å². The Morgan fingerprint density at radius 2 is 1.51 bits per heavy atom. The Bertz CT molecular complexity index is 1070. The summed E-state index contributed by atoms with van der Waals surface area (Å²) >= 11 is 0. The molecule has 0 aromatic heterocycles. The van der Waals surface area contributed by atoms with Gasteiger partial charge in [-0.25, -0.2) is 0 Å². The fourth-order valence-electron chi connectivity index (χ4n) is 4.81. The molecule has 0 bridgehead atoms. The van der Waals surface area contributed by atoms with Gasteiger partial charge in [-0.2, -0.15) is 26.3 Å². The molecule has 4 rings (SSSR count). The number of hydrogen-bond acceptors (Lipinski definition) is 3. The normalized spacial score (nSPS) is 25.6. The van der Waals surface area contributed by atoms with Crippen LogP contribution in [0, 0.1) is 0 Å². The van der Waals surface area contributed by atoms with E-state index in [0.717, 1.165) is 5.56 Å². The molecule has 35 heavy (non-hydrogen) atoms. The van der Waals surface area contributed by atoms with Crippen LogP contribution >= 0.6 is 0 Å². The Morgan fingerprint density at radius 3 is 2.00 bits per heavy atom. The fourth-order valence-corrected chi connectivity index (χ4v) is 4.81. The number of carbonyl (C=O) groups is 1. The third kappa shape index (κ3) is 5.07. The van der Waals surface area contributed by atoms with Gasteiger partial charge >= 0.3 is 12.4 Å². The summed E-state index contributed by atoms with van der Waals surface area (Å²) in [6.07, 6.45) is -7.56. The number of benzene rings is 2. The Labute approximate surface area is 198 Å². The summed E-state index contributed by atoms with van der Waals surface area (Å²) in [5, 5.41) is 2.61. The summed E-state index contributed by atoms with van der Waals surface area (Å²) in [5.41, 5.74) is -3.42. The van der Waals surface area contributed by atoms with Gasteiger partial charge in [0.05, 0.1) is 30.2 Å². The van der Waals surface area contributed by atoms with E-state index in [-0.39, 0.29) is 24.1 Å². The molecule has 0 unspecified atom stereocenters. The largest absolute Gasteiger partial charge is 0.416 e. The van der Waals surface area contributed by atoms with Gasteiger partial charge in [-0.15, -0.1) is 0 Å². The number of rotatable bonds is 5. The van der Waals surface area contributed by atoms with Crippen LogP contribution in [0.5, 0.6) is 0 Å². The van der Waals surface area contributed by atoms with Gasteiger partial charge in [-0.05, 0) is 61.9 Å². The summed E-state index contributed by atoms with van der Waals surface area (Å²) in [6.45, 7) is 1.50. The molecule has 4 nitrogen and oxygen atoms in total. The molecular weight excluding hydrogens is 474 g/mol. The Balaban J connectivity index is 1.59. The maximum absolute atomic E-state index is 13.3. The first-order valence-electron chi connectivity index (χ1n) is 11.2. The number of nitrogens with one attached hydrogen (secondary N) is 1. The van der Waals surface area contributed by atoms with Crippen LogP contribution in [-0.2, 0) is 27.3 Å². The van der Waals surface area contributed by atoms with Crippen LogP contribution in [0.3, 0.4) is 0 Å². The summed E-state index contributed by atoms with van der Waals surface area (Å²) in [5.74, 6) is -0.169. The number of carbonyl (C=O) groups excluding carboxylic acids is 1. The van der Waals surface area contributed by atoms with Crippen LogP contribution in [0.1, 0.15) is 61.0 Å². The predicted octanol–water partition coefficient (Wildman–Crippen LogP) is 6.21. The fraction of sp³-hybridized carbons (Fsp3) is 0.440. The van der Waals surface area contributed by atoms with Crippen molar-refractivity contribution in [1.82, 2.24) is 5.32 Å². The van der Waals surface area contributed by atoms with E-state index in [1.165, 1.54) is 13.3 Å². The maximum atomic E-state index is 13.3. The summed E-state index contributed by atoms with van der Waals surface area (Å²) in [4.78, 5) is 16.7. The molecule has 0 radical (unpaired) electrons. The molecule has 2 aromatic carbocycles. The van der Waals surface area contributed by atoms with Gasteiger partial charge in [-0.3, -0.25) is 9.79 Å². The molecule has 1 aliphatic heterocycles. The van der Waals surface area contributed by atoms with Crippen molar-refractivity contribution in [2.24, 2.45) is 4.99 Å². The second kappa shape index (κ2) is 8.96. The van der Waals surface area contributed by atoms with Crippen molar-refractivity contribution in [2.45, 2.75) is 62.0 Å². The van der Waals surface area contributed by atoms with E-state index in [1.54, 1.807) is 0 Å². The van der Waals surface area contributed by atoms with Crippen molar-refractivity contribution in [3.63, 3.8) is 0 Å². The predicted molar refractivity (Wildman–Crippen MR) is 117 cm³/mol. The number of aliphatic imine (C=N–C) groups is 1. The molecular formula is C25H24F6N2O2. The zero-order valence-electron chi connectivity index (χ0n) is 18.8. The van der Waals surface area contributed by atoms with Gasteiger partial charge in [0.25, 0.3) is 5.91 Å². The maximum Gasteiger partial charge on any atom is 0.416 e. The first kappa shape index (κ1) is 25.2. The molecule has 1 N–H and O–H groups in total. The van der Waals surface area contributed by atoms with E-state index in [9.17, 15) is 31.1 Å². The molecule has 1 spiro atoms. The molecule has 1 heterocycles. The third-order valence-corrected chi connectivity index (χ3v) is 7.04. The number of hydrogen-bond donors (Lipinski definition) is 1. The molecule has 1 saturated carbocycles. The summed E-state index contributed by atoms with van der Waals surface area (Å²) in [6, 6.07) is 10.9. The van der Waals surface area contributed by atoms with Crippen LogP contribution in [0.2, 0.25) is 0 Å². The second-order valence-corrected chi connectivity index (χ2v) is 9.20. The molecule has 1 atom stereocenters. The van der Waals surface area contributed by atoms with Gasteiger partial charge in [0.15, 0.2) is 0 Å². The van der Waals surface area contributed by atoms with Crippen molar-refractivity contribution in [1.29, 1.82) is 0 Å². The quantitative estimate of drug-likeness (QED) is 0.499. The third-order valence-electron chi connectivity index (χ3n) is 7.04. The van der Waals surface area contributed by atoms with Gasteiger partial charge in [-0.1, -0.05) is 30.3 Å². The number of alkyl halides is 6. The first-order valence-corrected chi connectivity index (χ1v) is 11.2. The highest BCUT2D eigenvalue weighted by atomic mass is 19.4. The molecule has 1 aliphatic carbocycles. The highest BCUT2D eigenvalue weighted by Crippen LogP contribution is 2.46. The number of ether oxygens (including phenoxy) is 1. The molecule has 0 saturated heterocycles. The van der Waals surface area contributed by atoms with E-state index in [2.05, 4.69) is 10.3 Å². The Kier molecular flexibility index (Phi) is 6.46.